The zero-order valence-corrected chi connectivity index (χ0v) is 11.1. The fourth-order valence-corrected chi connectivity index (χ4v) is 2.89. The van der Waals surface area contributed by atoms with Gasteiger partial charge in [-0.1, -0.05) is 11.0 Å². The minimum absolute atomic E-state index is 0.181. The molecule has 0 atom stereocenters. The molecule has 0 unspecified atom stereocenters. The van der Waals surface area contributed by atoms with Crippen LogP contribution in [0.4, 0.5) is 0 Å². The highest BCUT2D eigenvalue weighted by atomic mass is 32.2. The Labute approximate surface area is 107 Å². The molecule has 0 amide bonds. The number of hydrogen-bond acceptors (Lipinski definition) is 4. The minimum Gasteiger partial charge on any atom is -0.382 e. The van der Waals surface area contributed by atoms with Gasteiger partial charge in [-0.25, -0.2) is 8.42 Å². The van der Waals surface area contributed by atoms with Crippen molar-refractivity contribution in [3.8, 4) is 0 Å². The summed E-state index contributed by atoms with van der Waals surface area (Å²) in [5, 5.41) is 0. The number of ether oxygens (including phenoxy) is 1. The summed E-state index contributed by atoms with van der Waals surface area (Å²) in [6, 6.07) is 5.22. The van der Waals surface area contributed by atoms with Crippen molar-refractivity contribution in [3.63, 3.8) is 0 Å². The monoisotopic (exact) mass is 271 g/mol. The van der Waals surface area contributed by atoms with Crippen molar-refractivity contribution >= 4 is 10.0 Å². The molecule has 6 heteroatoms. The van der Waals surface area contributed by atoms with E-state index in [1.54, 1.807) is 12.1 Å². The molecule has 1 aliphatic carbocycles. The van der Waals surface area contributed by atoms with E-state index in [4.69, 9.17) is 9.57 Å². The molecule has 0 radical (unpaired) electrons. The quantitative estimate of drug-likeness (QED) is 0.620. The maximum Gasteiger partial charge on any atom is 0.262 e. The molecule has 0 aliphatic heterocycles. The van der Waals surface area contributed by atoms with E-state index >= 15 is 0 Å². The number of nitrogens with one attached hydrogen (secondary N) is 1. The summed E-state index contributed by atoms with van der Waals surface area (Å²) in [6.45, 7) is 0.521. The SMILES string of the molecule is COCCONS(=O)(=O)c1ccc2c(c1)CCC2. The van der Waals surface area contributed by atoms with Crippen LogP contribution >= 0.6 is 0 Å². The third kappa shape index (κ3) is 3.08. The Morgan fingerprint density at radius 2 is 2.00 bits per heavy atom. The molecule has 1 N–H and O–H groups in total. The van der Waals surface area contributed by atoms with Gasteiger partial charge in [0, 0.05) is 7.11 Å². The third-order valence-corrected chi connectivity index (χ3v) is 4.15. The van der Waals surface area contributed by atoms with Crippen LogP contribution in [-0.4, -0.2) is 28.7 Å². The number of rotatable bonds is 6. The topological polar surface area (TPSA) is 64.6 Å². The molecule has 0 saturated carbocycles. The molecule has 0 aromatic heterocycles. The predicted molar refractivity (Wildman–Crippen MR) is 66.6 cm³/mol. The van der Waals surface area contributed by atoms with Crippen LogP contribution in [0.2, 0.25) is 0 Å². The van der Waals surface area contributed by atoms with Crippen molar-refractivity contribution in [1.29, 1.82) is 0 Å². The number of aryl methyl sites for hydroxylation is 2. The second-order valence-corrected chi connectivity index (χ2v) is 5.86. The molecule has 0 bridgehead atoms. The maximum absolute atomic E-state index is 11.9. The highest BCUT2D eigenvalue weighted by molar-refractivity contribution is 7.89. The van der Waals surface area contributed by atoms with E-state index in [9.17, 15) is 8.42 Å². The number of benzene rings is 1. The summed E-state index contributed by atoms with van der Waals surface area (Å²) in [5.41, 5.74) is 2.36. The van der Waals surface area contributed by atoms with Gasteiger partial charge in [0.2, 0.25) is 0 Å². The van der Waals surface area contributed by atoms with Gasteiger partial charge in [-0.2, -0.15) is 0 Å². The highest BCUT2D eigenvalue weighted by Crippen LogP contribution is 2.24. The van der Waals surface area contributed by atoms with Gasteiger partial charge in [-0.3, -0.25) is 4.84 Å². The van der Waals surface area contributed by atoms with Crippen molar-refractivity contribution in [2.45, 2.75) is 24.2 Å². The maximum atomic E-state index is 11.9. The normalized spacial score (nSPS) is 14.7. The first-order valence-electron chi connectivity index (χ1n) is 5.88. The summed E-state index contributed by atoms with van der Waals surface area (Å²) in [7, 11) is -2.06. The summed E-state index contributed by atoms with van der Waals surface area (Å²) in [6.07, 6.45) is 3.08. The molecule has 2 rings (SSSR count). The van der Waals surface area contributed by atoms with Gasteiger partial charge in [-0.05, 0) is 42.5 Å². The number of methoxy groups -OCH3 is 1. The van der Waals surface area contributed by atoms with Gasteiger partial charge in [0.05, 0.1) is 18.1 Å². The third-order valence-electron chi connectivity index (χ3n) is 2.94. The molecule has 100 valence electrons. The zero-order chi connectivity index (χ0) is 13.0. The van der Waals surface area contributed by atoms with Crippen molar-refractivity contribution in [2.75, 3.05) is 20.3 Å². The standard InChI is InChI=1S/C12H17NO4S/c1-16-7-8-17-13-18(14,15)12-6-5-10-3-2-4-11(10)9-12/h5-6,9,13H,2-4,7-8H2,1H3. The van der Waals surface area contributed by atoms with Crippen LogP contribution in [-0.2, 0) is 32.4 Å². The molecular weight excluding hydrogens is 254 g/mol. The predicted octanol–water partition coefficient (Wildman–Crippen LogP) is 1.03. The molecule has 0 fully saturated rings. The van der Waals surface area contributed by atoms with Gasteiger partial charge in [0.15, 0.2) is 0 Å². The van der Waals surface area contributed by atoms with Crippen LogP contribution in [0.25, 0.3) is 0 Å². The van der Waals surface area contributed by atoms with Crippen LogP contribution in [0, 0.1) is 0 Å². The summed E-state index contributed by atoms with van der Waals surface area (Å²) < 4.78 is 28.6. The first kappa shape index (κ1) is 13.5. The van der Waals surface area contributed by atoms with Crippen molar-refractivity contribution < 1.29 is 18.0 Å². The molecule has 18 heavy (non-hydrogen) atoms. The largest absolute Gasteiger partial charge is 0.382 e. The molecular formula is C12H17NO4S. The second kappa shape index (κ2) is 5.79. The minimum atomic E-state index is -3.59. The molecule has 5 nitrogen and oxygen atoms in total. The lowest BCUT2D eigenvalue weighted by atomic mass is 10.1. The van der Waals surface area contributed by atoms with E-state index in [2.05, 4.69) is 4.89 Å². The first-order valence-corrected chi connectivity index (χ1v) is 7.36. The van der Waals surface area contributed by atoms with Gasteiger partial charge in [0.25, 0.3) is 10.0 Å². The van der Waals surface area contributed by atoms with E-state index in [0.29, 0.717) is 6.61 Å². The lowest BCUT2D eigenvalue weighted by Gasteiger charge is -2.08. The van der Waals surface area contributed by atoms with Gasteiger partial charge < -0.3 is 4.74 Å². The number of fused-ring (bicyclic) bond motifs is 1. The van der Waals surface area contributed by atoms with E-state index in [1.165, 1.54) is 12.7 Å². The van der Waals surface area contributed by atoms with E-state index < -0.39 is 10.0 Å². The summed E-state index contributed by atoms with van der Waals surface area (Å²) >= 11 is 0. The molecule has 1 aromatic rings. The number of sulfonamides is 1. The molecule has 1 aromatic carbocycles. The van der Waals surface area contributed by atoms with Gasteiger partial charge in [0.1, 0.15) is 0 Å². The van der Waals surface area contributed by atoms with Crippen molar-refractivity contribution in [1.82, 2.24) is 4.89 Å². The van der Waals surface area contributed by atoms with E-state index in [-0.39, 0.29) is 11.5 Å². The zero-order valence-electron chi connectivity index (χ0n) is 10.3. The molecule has 0 saturated heterocycles. The van der Waals surface area contributed by atoms with E-state index in [0.717, 1.165) is 24.8 Å². The lowest BCUT2D eigenvalue weighted by Crippen LogP contribution is -2.25. The molecule has 0 heterocycles. The Kier molecular flexibility index (Phi) is 4.34. The summed E-state index contributed by atoms with van der Waals surface area (Å²) in [4.78, 5) is 7.19. The first-order chi connectivity index (χ1) is 8.63. The second-order valence-electron chi connectivity index (χ2n) is 4.21. The smallest absolute Gasteiger partial charge is 0.262 e. The lowest BCUT2D eigenvalue weighted by molar-refractivity contribution is 0.0438. The Morgan fingerprint density at radius 1 is 1.22 bits per heavy atom. The van der Waals surface area contributed by atoms with Crippen LogP contribution in [0.15, 0.2) is 23.1 Å². The Hall–Kier alpha value is -0.950. The van der Waals surface area contributed by atoms with Crippen LogP contribution in [0.3, 0.4) is 0 Å². The van der Waals surface area contributed by atoms with Crippen LogP contribution in [0.1, 0.15) is 17.5 Å². The highest BCUT2D eigenvalue weighted by Gasteiger charge is 2.18. The molecule has 0 spiro atoms. The fourth-order valence-electron chi connectivity index (χ4n) is 2.01. The van der Waals surface area contributed by atoms with Crippen molar-refractivity contribution in [3.05, 3.63) is 29.3 Å². The van der Waals surface area contributed by atoms with Gasteiger partial charge in [-0.15, -0.1) is 0 Å². The average molecular weight is 271 g/mol. The van der Waals surface area contributed by atoms with Crippen molar-refractivity contribution in [2.24, 2.45) is 0 Å². The Balaban J connectivity index is 2.05. The average Bonchev–Trinajstić information content (AvgIpc) is 2.82. The van der Waals surface area contributed by atoms with E-state index in [1.807, 2.05) is 6.07 Å². The Morgan fingerprint density at radius 3 is 2.78 bits per heavy atom. The van der Waals surface area contributed by atoms with Crippen LogP contribution in [0.5, 0.6) is 0 Å². The van der Waals surface area contributed by atoms with Crippen LogP contribution < -0.4 is 4.89 Å². The Bertz CT molecular complexity index is 513. The summed E-state index contributed by atoms with van der Waals surface area (Å²) in [5.74, 6) is 0. The van der Waals surface area contributed by atoms with Gasteiger partial charge >= 0.3 is 0 Å². The molecule has 1 aliphatic rings. The fraction of sp³-hybridized carbons (Fsp3) is 0.500. The number of hydrogen-bond donors (Lipinski definition) is 1.